The Bertz CT molecular complexity index is 207. The molecular weight excluding hydrogens is 192 g/mol. The Labute approximate surface area is 91.4 Å². The summed E-state index contributed by atoms with van der Waals surface area (Å²) in [5.74, 6) is 0. The number of nitrogens with zero attached hydrogens (tertiary/aromatic N) is 1. The molecule has 2 aliphatic rings. The lowest BCUT2D eigenvalue weighted by Crippen LogP contribution is -2.54. The van der Waals surface area contributed by atoms with Gasteiger partial charge in [-0.3, -0.25) is 4.90 Å². The molecule has 0 saturated carbocycles. The van der Waals surface area contributed by atoms with Gasteiger partial charge in [0.25, 0.3) is 0 Å². The van der Waals surface area contributed by atoms with Gasteiger partial charge in [0.05, 0.1) is 11.7 Å². The van der Waals surface area contributed by atoms with E-state index < -0.39 is 0 Å². The highest BCUT2D eigenvalue weighted by atomic mass is 16.5. The first-order chi connectivity index (χ1) is 7.24. The highest BCUT2D eigenvalue weighted by molar-refractivity contribution is 4.93. The zero-order chi connectivity index (χ0) is 10.7. The Balaban J connectivity index is 1.94. The summed E-state index contributed by atoms with van der Waals surface area (Å²) in [4.78, 5) is 2.36. The average Bonchev–Trinajstić information content (AvgIpc) is 2.17. The van der Waals surface area contributed by atoms with Crippen molar-refractivity contribution in [1.29, 1.82) is 0 Å². The van der Waals surface area contributed by atoms with Gasteiger partial charge in [0.15, 0.2) is 0 Å². The van der Waals surface area contributed by atoms with Gasteiger partial charge in [-0.15, -0.1) is 0 Å². The largest absolute Gasteiger partial charge is 0.393 e. The summed E-state index contributed by atoms with van der Waals surface area (Å²) < 4.78 is 5.91. The predicted molar refractivity (Wildman–Crippen MR) is 58.7 cm³/mol. The topological polar surface area (TPSA) is 58.7 Å². The van der Waals surface area contributed by atoms with E-state index in [0.29, 0.717) is 13.2 Å². The number of hydrogen-bond donors (Lipinski definition) is 2. The first-order valence-corrected chi connectivity index (χ1v) is 5.99. The predicted octanol–water partition coefficient (Wildman–Crippen LogP) is -0.0490. The van der Waals surface area contributed by atoms with Gasteiger partial charge in [-0.05, 0) is 25.8 Å². The van der Waals surface area contributed by atoms with Crippen molar-refractivity contribution in [2.24, 2.45) is 5.73 Å². The van der Waals surface area contributed by atoms with E-state index in [4.69, 9.17) is 10.5 Å². The van der Waals surface area contributed by atoms with Crippen LogP contribution < -0.4 is 5.73 Å². The molecule has 88 valence electrons. The highest BCUT2D eigenvalue weighted by Gasteiger charge is 2.40. The Morgan fingerprint density at radius 2 is 2.40 bits per heavy atom. The maximum atomic E-state index is 9.72. The number of nitrogens with two attached hydrogens (primary N) is 1. The highest BCUT2D eigenvalue weighted by Crippen LogP contribution is 2.33. The maximum Gasteiger partial charge on any atom is 0.0833 e. The third-order valence-corrected chi connectivity index (χ3v) is 3.53. The van der Waals surface area contributed by atoms with Crippen LogP contribution in [0, 0.1) is 0 Å². The lowest BCUT2D eigenvalue weighted by molar-refractivity contribution is -0.146. The molecule has 0 aromatic carbocycles. The summed E-state index contributed by atoms with van der Waals surface area (Å²) in [6.07, 6.45) is 3.67. The van der Waals surface area contributed by atoms with Gasteiger partial charge in [-0.1, -0.05) is 0 Å². The van der Waals surface area contributed by atoms with Crippen LogP contribution in [0.25, 0.3) is 0 Å². The number of piperidine rings is 1. The van der Waals surface area contributed by atoms with Gasteiger partial charge >= 0.3 is 0 Å². The molecule has 0 bridgehead atoms. The van der Waals surface area contributed by atoms with Gasteiger partial charge in [-0.2, -0.15) is 0 Å². The maximum absolute atomic E-state index is 9.72. The van der Waals surface area contributed by atoms with Crippen molar-refractivity contribution in [2.45, 2.75) is 37.4 Å². The van der Waals surface area contributed by atoms with Crippen molar-refractivity contribution in [3.8, 4) is 0 Å². The second kappa shape index (κ2) is 4.78. The van der Waals surface area contributed by atoms with E-state index in [9.17, 15) is 5.11 Å². The van der Waals surface area contributed by atoms with Crippen LogP contribution in [0.2, 0.25) is 0 Å². The molecule has 3 N–H and O–H groups in total. The Kier molecular flexibility index (Phi) is 3.61. The van der Waals surface area contributed by atoms with Crippen molar-refractivity contribution in [1.82, 2.24) is 4.90 Å². The van der Waals surface area contributed by atoms with E-state index in [1.54, 1.807) is 0 Å². The van der Waals surface area contributed by atoms with Gasteiger partial charge in [0.1, 0.15) is 0 Å². The van der Waals surface area contributed by atoms with E-state index >= 15 is 0 Å². The van der Waals surface area contributed by atoms with Crippen LogP contribution in [0.15, 0.2) is 0 Å². The summed E-state index contributed by atoms with van der Waals surface area (Å²) in [7, 11) is 0. The molecule has 0 aromatic rings. The van der Waals surface area contributed by atoms with Crippen LogP contribution in [-0.2, 0) is 4.74 Å². The third-order valence-electron chi connectivity index (χ3n) is 3.53. The van der Waals surface area contributed by atoms with Crippen LogP contribution in [0.1, 0.15) is 25.7 Å². The SMILES string of the molecule is NCCN1CCCC2(CC(O)CCO2)C1. The molecule has 0 aromatic heterocycles. The molecule has 2 fully saturated rings. The van der Waals surface area contributed by atoms with Crippen molar-refractivity contribution in [3.63, 3.8) is 0 Å². The number of rotatable bonds is 2. The summed E-state index contributed by atoms with van der Waals surface area (Å²) in [6, 6.07) is 0. The zero-order valence-corrected chi connectivity index (χ0v) is 9.32. The summed E-state index contributed by atoms with van der Waals surface area (Å²) in [6.45, 7) is 4.43. The lowest BCUT2D eigenvalue weighted by Gasteiger charge is -2.46. The van der Waals surface area contributed by atoms with E-state index in [1.165, 1.54) is 0 Å². The molecule has 1 spiro atoms. The Morgan fingerprint density at radius 1 is 1.53 bits per heavy atom. The zero-order valence-electron chi connectivity index (χ0n) is 9.32. The summed E-state index contributed by atoms with van der Waals surface area (Å²) in [5.41, 5.74) is 5.49. The van der Waals surface area contributed by atoms with Gasteiger partial charge < -0.3 is 15.6 Å². The molecule has 4 heteroatoms. The van der Waals surface area contributed by atoms with E-state index in [-0.39, 0.29) is 11.7 Å². The lowest BCUT2D eigenvalue weighted by atomic mass is 9.84. The Morgan fingerprint density at radius 3 is 3.13 bits per heavy atom. The average molecular weight is 214 g/mol. The van der Waals surface area contributed by atoms with Crippen LogP contribution in [0.5, 0.6) is 0 Å². The molecule has 0 radical (unpaired) electrons. The minimum Gasteiger partial charge on any atom is -0.393 e. The van der Waals surface area contributed by atoms with Gasteiger partial charge in [-0.25, -0.2) is 0 Å². The first-order valence-electron chi connectivity index (χ1n) is 5.99. The molecule has 2 rings (SSSR count). The monoisotopic (exact) mass is 214 g/mol. The fraction of sp³-hybridized carbons (Fsp3) is 1.00. The fourth-order valence-electron chi connectivity index (χ4n) is 2.85. The number of ether oxygens (including phenoxy) is 1. The van der Waals surface area contributed by atoms with Crippen LogP contribution >= 0.6 is 0 Å². The van der Waals surface area contributed by atoms with Crippen molar-refractivity contribution in [3.05, 3.63) is 0 Å². The normalized spacial score (nSPS) is 38.4. The van der Waals surface area contributed by atoms with Gasteiger partial charge in [0, 0.05) is 32.7 Å². The molecule has 2 atom stereocenters. The van der Waals surface area contributed by atoms with Crippen LogP contribution in [0.4, 0.5) is 0 Å². The number of likely N-dealkylation sites (tertiary alicyclic amines) is 1. The minimum absolute atomic E-state index is 0.0783. The molecule has 2 unspecified atom stereocenters. The van der Waals surface area contributed by atoms with E-state index in [0.717, 1.165) is 45.3 Å². The molecule has 2 aliphatic heterocycles. The van der Waals surface area contributed by atoms with E-state index in [2.05, 4.69) is 4.90 Å². The molecule has 2 saturated heterocycles. The summed E-state index contributed by atoms with van der Waals surface area (Å²) >= 11 is 0. The summed E-state index contributed by atoms with van der Waals surface area (Å²) in [5, 5.41) is 9.72. The van der Waals surface area contributed by atoms with Crippen molar-refractivity contribution < 1.29 is 9.84 Å². The standard InChI is InChI=1S/C11H22N2O2/c12-4-6-13-5-1-3-11(9-13)8-10(14)2-7-15-11/h10,14H,1-9,12H2. The van der Waals surface area contributed by atoms with Crippen molar-refractivity contribution >= 4 is 0 Å². The minimum atomic E-state index is -0.170. The molecule has 4 nitrogen and oxygen atoms in total. The number of aliphatic hydroxyl groups is 1. The first kappa shape index (κ1) is 11.3. The number of aliphatic hydroxyl groups excluding tert-OH is 1. The molecule has 2 heterocycles. The smallest absolute Gasteiger partial charge is 0.0833 e. The quantitative estimate of drug-likeness (QED) is 0.677. The van der Waals surface area contributed by atoms with Crippen molar-refractivity contribution in [2.75, 3.05) is 32.8 Å². The molecular formula is C11H22N2O2. The Hall–Kier alpha value is -0.160. The van der Waals surface area contributed by atoms with Crippen LogP contribution in [0.3, 0.4) is 0 Å². The second-order valence-electron chi connectivity index (χ2n) is 4.85. The van der Waals surface area contributed by atoms with Crippen LogP contribution in [-0.4, -0.2) is 54.5 Å². The molecule has 0 amide bonds. The van der Waals surface area contributed by atoms with Gasteiger partial charge in [0.2, 0.25) is 0 Å². The molecule has 0 aliphatic carbocycles. The molecule has 15 heavy (non-hydrogen) atoms. The second-order valence-corrected chi connectivity index (χ2v) is 4.85. The third kappa shape index (κ3) is 2.69. The number of hydrogen-bond acceptors (Lipinski definition) is 4. The van der Waals surface area contributed by atoms with E-state index in [1.807, 2.05) is 0 Å². The fourth-order valence-corrected chi connectivity index (χ4v) is 2.85.